The van der Waals surface area contributed by atoms with Crippen LogP contribution < -0.4 is 5.32 Å². The van der Waals surface area contributed by atoms with Crippen LogP contribution in [0.3, 0.4) is 0 Å². The molecule has 3 heteroatoms. The summed E-state index contributed by atoms with van der Waals surface area (Å²) in [7, 11) is 0. The number of carbonyl (C=O) groups excluding carboxylic acids is 1. The highest BCUT2D eigenvalue weighted by atomic mass is 16.2. The number of likely N-dealkylation sites (tertiary alicyclic amines) is 1. The zero-order valence-electron chi connectivity index (χ0n) is 12.6. The fourth-order valence-corrected chi connectivity index (χ4v) is 2.85. The Balaban J connectivity index is 1.93. The molecule has 1 N–H and O–H groups in total. The molecule has 2 rings (SSSR count). The summed E-state index contributed by atoms with van der Waals surface area (Å²) in [6.45, 7) is 6.99. The normalized spacial score (nSPS) is 21.0. The molecule has 2 atom stereocenters. The molecule has 0 aliphatic carbocycles. The SMILES string of the molecule is CCCNC1CCCN(CC(C)c2ccccc2)C1=O. The van der Waals surface area contributed by atoms with Gasteiger partial charge < -0.3 is 10.2 Å². The number of hydrogen-bond donors (Lipinski definition) is 1. The lowest BCUT2D eigenvalue weighted by molar-refractivity contribution is -0.136. The fraction of sp³-hybridized carbons (Fsp3) is 0.588. The Kier molecular flexibility index (Phi) is 5.60. The lowest BCUT2D eigenvalue weighted by Gasteiger charge is -2.34. The van der Waals surface area contributed by atoms with Crippen LogP contribution in [0, 0.1) is 0 Å². The summed E-state index contributed by atoms with van der Waals surface area (Å²) in [5.74, 6) is 0.678. The number of nitrogens with one attached hydrogen (secondary N) is 1. The monoisotopic (exact) mass is 274 g/mol. The van der Waals surface area contributed by atoms with Crippen LogP contribution in [0.2, 0.25) is 0 Å². The lowest BCUT2D eigenvalue weighted by Crippen LogP contribution is -2.51. The molecule has 1 fully saturated rings. The summed E-state index contributed by atoms with van der Waals surface area (Å²) in [6, 6.07) is 10.5. The summed E-state index contributed by atoms with van der Waals surface area (Å²) < 4.78 is 0. The van der Waals surface area contributed by atoms with E-state index in [1.165, 1.54) is 5.56 Å². The third-order valence-electron chi connectivity index (χ3n) is 4.03. The largest absolute Gasteiger partial charge is 0.341 e. The van der Waals surface area contributed by atoms with Crippen molar-refractivity contribution in [2.24, 2.45) is 0 Å². The van der Waals surface area contributed by atoms with Crippen LogP contribution >= 0.6 is 0 Å². The summed E-state index contributed by atoms with van der Waals surface area (Å²) >= 11 is 0. The number of carbonyl (C=O) groups is 1. The standard InChI is InChI=1S/C17H26N2O/c1-3-11-18-16-10-7-12-19(17(16)20)13-14(2)15-8-5-4-6-9-15/h4-6,8-9,14,16,18H,3,7,10-13H2,1-2H3. The van der Waals surface area contributed by atoms with Gasteiger partial charge >= 0.3 is 0 Å². The molecule has 1 amide bonds. The van der Waals surface area contributed by atoms with Crippen molar-refractivity contribution >= 4 is 5.91 Å². The molecular formula is C17H26N2O. The van der Waals surface area contributed by atoms with Gasteiger partial charge in [-0.05, 0) is 37.3 Å². The molecule has 2 unspecified atom stereocenters. The van der Waals surface area contributed by atoms with Crippen molar-refractivity contribution in [3.8, 4) is 0 Å². The first-order valence-electron chi connectivity index (χ1n) is 7.79. The molecule has 1 aromatic carbocycles. The smallest absolute Gasteiger partial charge is 0.239 e. The first-order chi connectivity index (χ1) is 9.72. The van der Waals surface area contributed by atoms with Crippen LogP contribution in [-0.4, -0.2) is 36.5 Å². The van der Waals surface area contributed by atoms with E-state index in [1.807, 2.05) is 11.0 Å². The highest BCUT2D eigenvalue weighted by Crippen LogP contribution is 2.19. The summed E-state index contributed by atoms with van der Waals surface area (Å²) in [5, 5.41) is 3.37. The van der Waals surface area contributed by atoms with E-state index in [0.717, 1.165) is 38.9 Å². The van der Waals surface area contributed by atoms with Crippen LogP contribution in [-0.2, 0) is 4.79 Å². The number of rotatable bonds is 6. The van der Waals surface area contributed by atoms with Gasteiger partial charge in [-0.2, -0.15) is 0 Å². The third-order valence-corrected chi connectivity index (χ3v) is 4.03. The van der Waals surface area contributed by atoms with E-state index in [-0.39, 0.29) is 11.9 Å². The molecule has 0 spiro atoms. The molecule has 20 heavy (non-hydrogen) atoms. The Labute approximate surface area is 122 Å². The van der Waals surface area contributed by atoms with Gasteiger partial charge in [0.25, 0.3) is 0 Å². The lowest BCUT2D eigenvalue weighted by atomic mass is 9.98. The molecule has 0 aromatic heterocycles. The Morgan fingerprint density at radius 3 is 2.80 bits per heavy atom. The van der Waals surface area contributed by atoms with Gasteiger partial charge in [0.15, 0.2) is 0 Å². The van der Waals surface area contributed by atoms with E-state index in [2.05, 4.69) is 43.4 Å². The minimum absolute atomic E-state index is 0.0340. The second kappa shape index (κ2) is 7.44. The van der Waals surface area contributed by atoms with Crippen molar-refractivity contribution in [3.63, 3.8) is 0 Å². The van der Waals surface area contributed by atoms with Crippen molar-refractivity contribution in [1.29, 1.82) is 0 Å². The van der Waals surface area contributed by atoms with E-state index < -0.39 is 0 Å². The van der Waals surface area contributed by atoms with E-state index in [4.69, 9.17) is 0 Å². The maximum atomic E-state index is 12.5. The first kappa shape index (κ1) is 15.0. The first-order valence-corrected chi connectivity index (χ1v) is 7.79. The topological polar surface area (TPSA) is 32.3 Å². The van der Waals surface area contributed by atoms with Crippen LogP contribution in [0.4, 0.5) is 0 Å². The maximum Gasteiger partial charge on any atom is 0.239 e. The molecule has 1 aliphatic rings. The van der Waals surface area contributed by atoms with E-state index in [1.54, 1.807) is 0 Å². The molecular weight excluding hydrogens is 248 g/mol. The molecule has 0 saturated carbocycles. The van der Waals surface area contributed by atoms with Crippen LogP contribution in [0.1, 0.15) is 44.6 Å². The maximum absolute atomic E-state index is 12.5. The van der Waals surface area contributed by atoms with Crippen LogP contribution in [0.15, 0.2) is 30.3 Å². The predicted octanol–water partition coefficient (Wildman–Crippen LogP) is 2.78. The molecule has 0 radical (unpaired) electrons. The van der Waals surface area contributed by atoms with E-state index in [0.29, 0.717) is 5.92 Å². The van der Waals surface area contributed by atoms with Crippen molar-refractivity contribution in [2.75, 3.05) is 19.6 Å². The van der Waals surface area contributed by atoms with Gasteiger partial charge in [-0.25, -0.2) is 0 Å². The average Bonchev–Trinajstić information content (AvgIpc) is 2.49. The van der Waals surface area contributed by atoms with Crippen molar-refractivity contribution in [1.82, 2.24) is 10.2 Å². The van der Waals surface area contributed by atoms with Gasteiger partial charge in [-0.1, -0.05) is 44.2 Å². The van der Waals surface area contributed by atoms with Gasteiger partial charge in [-0.15, -0.1) is 0 Å². The molecule has 1 aliphatic heterocycles. The van der Waals surface area contributed by atoms with Crippen molar-refractivity contribution < 1.29 is 4.79 Å². The van der Waals surface area contributed by atoms with Gasteiger partial charge in [0, 0.05) is 13.1 Å². The van der Waals surface area contributed by atoms with Gasteiger partial charge in [0.1, 0.15) is 0 Å². The molecule has 3 nitrogen and oxygen atoms in total. The fourth-order valence-electron chi connectivity index (χ4n) is 2.85. The van der Waals surface area contributed by atoms with Gasteiger partial charge in [0.2, 0.25) is 5.91 Å². The molecule has 0 bridgehead atoms. The summed E-state index contributed by atoms with van der Waals surface area (Å²) in [4.78, 5) is 14.5. The predicted molar refractivity (Wildman–Crippen MR) is 82.8 cm³/mol. The minimum Gasteiger partial charge on any atom is -0.341 e. The van der Waals surface area contributed by atoms with Crippen molar-refractivity contribution in [3.05, 3.63) is 35.9 Å². The highest BCUT2D eigenvalue weighted by Gasteiger charge is 2.28. The molecule has 1 saturated heterocycles. The summed E-state index contributed by atoms with van der Waals surface area (Å²) in [5.41, 5.74) is 1.31. The molecule has 1 aromatic rings. The highest BCUT2D eigenvalue weighted by molar-refractivity contribution is 5.82. The zero-order valence-corrected chi connectivity index (χ0v) is 12.6. The Hall–Kier alpha value is -1.35. The Morgan fingerprint density at radius 2 is 2.10 bits per heavy atom. The van der Waals surface area contributed by atoms with Crippen LogP contribution in [0.5, 0.6) is 0 Å². The van der Waals surface area contributed by atoms with Crippen LogP contribution in [0.25, 0.3) is 0 Å². The van der Waals surface area contributed by atoms with E-state index >= 15 is 0 Å². The van der Waals surface area contributed by atoms with E-state index in [9.17, 15) is 4.79 Å². The second-order valence-electron chi connectivity index (χ2n) is 5.74. The van der Waals surface area contributed by atoms with Gasteiger partial charge in [0.05, 0.1) is 6.04 Å². The Morgan fingerprint density at radius 1 is 1.35 bits per heavy atom. The van der Waals surface area contributed by atoms with Crippen molar-refractivity contribution in [2.45, 2.75) is 45.1 Å². The number of hydrogen-bond acceptors (Lipinski definition) is 2. The molecule has 110 valence electrons. The molecule has 1 heterocycles. The average molecular weight is 274 g/mol. The zero-order chi connectivity index (χ0) is 14.4. The number of benzene rings is 1. The second-order valence-corrected chi connectivity index (χ2v) is 5.74. The third kappa shape index (κ3) is 3.83. The minimum atomic E-state index is 0.0340. The summed E-state index contributed by atoms with van der Waals surface area (Å²) in [6.07, 6.45) is 3.16. The quantitative estimate of drug-likeness (QED) is 0.865. The number of amides is 1. The number of nitrogens with zero attached hydrogens (tertiary/aromatic N) is 1. The Bertz CT molecular complexity index is 418. The van der Waals surface area contributed by atoms with Gasteiger partial charge in [-0.3, -0.25) is 4.79 Å². The number of piperidine rings is 1.